The molecule has 0 saturated heterocycles. The van der Waals surface area contributed by atoms with Gasteiger partial charge in [0.05, 0.1) is 5.69 Å². The van der Waals surface area contributed by atoms with Gasteiger partial charge in [0.15, 0.2) is 0 Å². The van der Waals surface area contributed by atoms with E-state index >= 15 is 0 Å². The fourth-order valence-corrected chi connectivity index (χ4v) is 2.84. The normalized spacial score (nSPS) is 10.5. The highest BCUT2D eigenvalue weighted by atomic mass is 15.0. The third kappa shape index (κ3) is 4.29. The number of aromatic nitrogens is 4. The Kier molecular flexibility index (Phi) is 4.93. The molecular weight excluding hydrogens is 348 g/mol. The third-order valence-corrected chi connectivity index (χ3v) is 4.14. The van der Waals surface area contributed by atoms with E-state index in [1.807, 2.05) is 80.6 Å². The molecule has 0 aliphatic carbocycles. The van der Waals surface area contributed by atoms with Crippen molar-refractivity contribution in [3.8, 4) is 11.3 Å². The predicted molar refractivity (Wildman–Crippen MR) is 112 cm³/mol. The van der Waals surface area contributed by atoms with Gasteiger partial charge in [-0.1, -0.05) is 30.3 Å². The Morgan fingerprint density at radius 1 is 0.679 bits per heavy atom. The fraction of sp³-hybridized carbons (Fsp3) is 0.0909. The van der Waals surface area contributed by atoms with Crippen molar-refractivity contribution in [2.24, 2.45) is 0 Å². The predicted octanol–water partition coefficient (Wildman–Crippen LogP) is 5.04. The molecule has 6 nitrogen and oxygen atoms in total. The van der Waals surface area contributed by atoms with E-state index in [0.29, 0.717) is 0 Å². The Labute approximate surface area is 163 Å². The van der Waals surface area contributed by atoms with Crippen LogP contribution in [0.25, 0.3) is 11.3 Å². The van der Waals surface area contributed by atoms with Crippen molar-refractivity contribution in [2.45, 2.75) is 13.8 Å². The molecular formula is C22H20N6. The van der Waals surface area contributed by atoms with Gasteiger partial charge in [-0.05, 0) is 38.1 Å². The molecule has 138 valence electrons. The molecule has 0 atom stereocenters. The minimum Gasteiger partial charge on any atom is -0.340 e. The average molecular weight is 368 g/mol. The molecule has 0 spiro atoms. The monoisotopic (exact) mass is 368 g/mol. The lowest BCUT2D eigenvalue weighted by Crippen LogP contribution is -1.99. The van der Waals surface area contributed by atoms with Gasteiger partial charge < -0.3 is 10.6 Å². The molecule has 0 unspecified atom stereocenters. The van der Waals surface area contributed by atoms with Crippen LogP contribution in [0.2, 0.25) is 0 Å². The summed E-state index contributed by atoms with van der Waals surface area (Å²) in [6.45, 7) is 3.83. The molecule has 0 saturated carbocycles. The van der Waals surface area contributed by atoms with Crippen molar-refractivity contribution < 1.29 is 0 Å². The lowest BCUT2D eigenvalue weighted by Gasteiger charge is -2.10. The van der Waals surface area contributed by atoms with Gasteiger partial charge in [-0.25, -0.2) is 19.9 Å². The first-order valence-corrected chi connectivity index (χ1v) is 8.99. The third-order valence-electron chi connectivity index (χ3n) is 4.14. The second-order valence-corrected chi connectivity index (χ2v) is 6.42. The largest absolute Gasteiger partial charge is 0.340 e. The van der Waals surface area contributed by atoms with Gasteiger partial charge in [0.2, 0.25) is 0 Å². The minimum absolute atomic E-state index is 0.723. The molecule has 2 aromatic carbocycles. The molecule has 0 radical (unpaired) electrons. The lowest BCUT2D eigenvalue weighted by atomic mass is 10.1. The van der Waals surface area contributed by atoms with E-state index in [0.717, 1.165) is 45.8 Å². The molecule has 0 bridgehead atoms. The number of nitrogens with zero attached hydrogens (tertiary/aromatic N) is 4. The van der Waals surface area contributed by atoms with E-state index in [2.05, 4.69) is 30.6 Å². The second-order valence-electron chi connectivity index (χ2n) is 6.42. The first-order valence-electron chi connectivity index (χ1n) is 8.99. The van der Waals surface area contributed by atoms with E-state index in [1.165, 1.54) is 0 Å². The summed E-state index contributed by atoms with van der Waals surface area (Å²) in [6.07, 6.45) is 1.55. The SMILES string of the molecule is Cc1cc(Nc2ccc(Nc3cc(-c4ccccc4)nc(C)n3)cc2)ncn1. The Balaban J connectivity index is 1.51. The van der Waals surface area contributed by atoms with Crippen molar-refractivity contribution in [2.75, 3.05) is 10.6 Å². The van der Waals surface area contributed by atoms with Crippen LogP contribution in [0, 0.1) is 13.8 Å². The average Bonchev–Trinajstić information content (AvgIpc) is 2.70. The number of rotatable bonds is 5. The van der Waals surface area contributed by atoms with E-state index in [-0.39, 0.29) is 0 Å². The lowest BCUT2D eigenvalue weighted by molar-refractivity contribution is 1.06. The maximum atomic E-state index is 4.54. The van der Waals surface area contributed by atoms with Crippen LogP contribution in [-0.4, -0.2) is 19.9 Å². The first kappa shape index (κ1) is 17.6. The zero-order valence-electron chi connectivity index (χ0n) is 15.7. The highest BCUT2D eigenvalue weighted by Gasteiger charge is 2.05. The van der Waals surface area contributed by atoms with Crippen LogP contribution in [0.3, 0.4) is 0 Å². The second kappa shape index (κ2) is 7.84. The van der Waals surface area contributed by atoms with E-state index in [4.69, 9.17) is 0 Å². The molecule has 2 aromatic heterocycles. The van der Waals surface area contributed by atoms with Gasteiger partial charge in [-0.15, -0.1) is 0 Å². The van der Waals surface area contributed by atoms with E-state index < -0.39 is 0 Å². The van der Waals surface area contributed by atoms with Gasteiger partial charge in [-0.2, -0.15) is 0 Å². The van der Waals surface area contributed by atoms with Crippen molar-refractivity contribution in [3.05, 3.63) is 84.6 Å². The van der Waals surface area contributed by atoms with Gasteiger partial charge >= 0.3 is 0 Å². The van der Waals surface area contributed by atoms with Crippen molar-refractivity contribution in [3.63, 3.8) is 0 Å². The van der Waals surface area contributed by atoms with Crippen molar-refractivity contribution >= 4 is 23.0 Å². The van der Waals surface area contributed by atoms with Crippen LogP contribution in [-0.2, 0) is 0 Å². The Hall–Kier alpha value is -3.80. The fourth-order valence-electron chi connectivity index (χ4n) is 2.84. The summed E-state index contributed by atoms with van der Waals surface area (Å²) < 4.78 is 0. The molecule has 0 aliphatic rings. The number of hydrogen-bond acceptors (Lipinski definition) is 6. The Bertz CT molecular complexity index is 1080. The molecule has 0 amide bonds. The molecule has 28 heavy (non-hydrogen) atoms. The summed E-state index contributed by atoms with van der Waals surface area (Å²) in [5.74, 6) is 2.26. The van der Waals surface area contributed by atoms with Crippen LogP contribution in [0.1, 0.15) is 11.5 Å². The summed E-state index contributed by atoms with van der Waals surface area (Å²) in [5, 5.41) is 6.62. The molecule has 2 heterocycles. The highest BCUT2D eigenvalue weighted by Crippen LogP contribution is 2.23. The minimum atomic E-state index is 0.723. The number of nitrogens with one attached hydrogen (secondary N) is 2. The maximum Gasteiger partial charge on any atom is 0.134 e. The molecule has 6 heteroatoms. The topological polar surface area (TPSA) is 75.6 Å². The molecule has 2 N–H and O–H groups in total. The summed E-state index contributed by atoms with van der Waals surface area (Å²) in [4.78, 5) is 17.4. The summed E-state index contributed by atoms with van der Waals surface area (Å²) in [6, 6.07) is 21.9. The number of anilines is 4. The maximum absolute atomic E-state index is 4.54. The quantitative estimate of drug-likeness (QED) is 0.514. The molecule has 4 aromatic rings. The zero-order chi connectivity index (χ0) is 19.3. The van der Waals surface area contributed by atoms with Crippen molar-refractivity contribution in [1.29, 1.82) is 0 Å². The van der Waals surface area contributed by atoms with E-state index in [9.17, 15) is 0 Å². The number of hydrogen-bond donors (Lipinski definition) is 2. The standard InChI is InChI=1S/C22H20N6/c1-15-12-21(24-14-23-15)27-18-8-10-19(11-9-18)28-22-13-20(25-16(2)26-22)17-6-4-3-5-7-17/h3-14H,1-2H3,(H,23,24,27)(H,25,26,28). The van der Waals surface area contributed by atoms with Crippen LogP contribution < -0.4 is 10.6 Å². The number of aryl methyl sites for hydroxylation is 2. The summed E-state index contributed by atoms with van der Waals surface area (Å²) in [7, 11) is 0. The number of benzene rings is 2. The Morgan fingerprint density at radius 3 is 2.04 bits per heavy atom. The van der Waals surface area contributed by atoms with Crippen LogP contribution >= 0.6 is 0 Å². The van der Waals surface area contributed by atoms with Crippen molar-refractivity contribution in [1.82, 2.24) is 19.9 Å². The van der Waals surface area contributed by atoms with E-state index in [1.54, 1.807) is 6.33 Å². The zero-order valence-corrected chi connectivity index (χ0v) is 15.7. The molecule has 0 fully saturated rings. The summed E-state index contributed by atoms with van der Waals surface area (Å²) >= 11 is 0. The van der Waals surface area contributed by atoms with Gasteiger partial charge in [0, 0.05) is 34.8 Å². The van der Waals surface area contributed by atoms with Gasteiger partial charge in [0.25, 0.3) is 0 Å². The summed E-state index contributed by atoms with van der Waals surface area (Å²) in [5.41, 5.74) is 4.78. The molecule has 0 aliphatic heterocycles. The van der Waals surface area contributed by atoms with Crippen LogP contribution in [0.4, 0.5) is 23.0 Å². The van der Waals surface area contributed by atoms with Crippen LogP contribution in [0.5, 0.6) is 0 Å². The smallest absolute Gasteiger partial charge is 0.134 e. The highest BCUT2D eigenvalue weighted by molar-refractivity contribution is 5.67. The van der Waals surface area contributed by atoms with Gasteiger partial charge in [-0.3, -0.25) is 0 Å². The molecule has 4 rings (SSSR count). The first-order chi connectivity index (χ1) is 13.7. The van der Waals surface area contributed by atoms with Gasteiger partial charge in [0.1, 0.15) is 23.8 Å². The Morgan fingerprint density at radius 2 is 1.36 bits per heavy atom. The van der Waals surface area contributed by atoms with Crippen LogP contribution in [0.15, 0.2) is 73.1 Å².